The van der Waals surface area contributed by atoms with E-state index in [1.54, 1.807) is 0 Å². The number of aromatic nitrogens is 2. The van der Waals surface area contributed by atoms with Gasteiger partial charge in [-0.25, -0.2) is 0 Å². The average molecular weight is 439 g/mol. The van der Waals surface area contributed by atoms with Crippen LogP contribution >= 0.6 is 0 Å². The van der Waals surface area contributed by atoms with Crippen LogP contribution in [0.1, 0.15) is 29.5 Å². The fourth-order valence-corrected chi connectivity index (χ4v) is 6.13. The zero-order valence-electron chi connectivity index (χ0n) is 19.1. The second kappa shape index (κ2) is 7.50. The zero-order chi connectivity index (χ0) is 22.6. The van der Waals surface area contributed by atoms with E-state index >= 15 is 0 Å². The smallest absolute Gasteiger partial charge is 0.184 e. The molecule has 0 amide bonds. The first-order valence-electron chi connectivity index (χ1n) is 12.1. The largest absolute Gasteiger partial charge is 0.249 e. The number of pyridine rings is 2. The number of allylic oxidation sites excluding steroid dienone is 1. The monoisotopic (exact) mass is 438 g/mol. The number of fused-ring (bicyclic) bond motifs is 10. The summed E-state index contributed by atoms with van der Waals surface area (Å²) in [7, 11) is 0. The Morgan fingerprint density at radius 2 is 1.44 bits per heavy atom. The zero-order valence-corrected chi connectivity index (χ0v) is 19.1. The maximum atomic E-state index is 4.75. The number of aryl methyl sites for hydroxylation is 1. The van der Waals surface area contributed by atoms with Crippen LogP contribution in [-0.4, -0.2) is 0 Å². The highest BCUT2D eigenvalue weighted by atomic mass is 15.1. The quantitative estimate of drug-likeness (QED) is 0.244. The minimum atomic E-state index is 0.134. The Morgan fingerprint density at radius 1 is 0.706 bits per heavy atom. The molecule has 2 aliphatic heterocycles. The summed E-state index contributed by atoms with van der Waals surface area (Å²) in [6.07, 6.45) is 6.64. The summed E-state index contributed by atoms with van der Waals surface area (Å²) in [4.78, 5) is 0. The van der Waals surface area contributed by atoms with Crippen LogP contribution in [0.25, 0.3) is 39.0 Å². The van der Waals surface area contributed by atoms with Crippen LogP contribution in [0.4, 0.5) is 0 Å². The molecule has 4 heterocycles. The molecule has 2 aliphatic rings. The maximum Gasteiger partial charge on any atom is 0.249 e. The lowest BCUT2D eigenvalue weighted by atomic mass is 9.78. The minimum Gasteiger partial charge on any atom is -0.184 e. The van der Waals surface area contributed by atoms with Gasteiger partial charge in [-0.1, -0.05) is 54.6 Å². The lowest BCUT2D eigenvalue weighted by Crippen LogP contribution is -2.53. The van der Waals surface area contributed by atoms with E-state index in [-0.39, 0.29) is 6.04 Å². The number of benzene rings is 3. The van der Waals surface area contributed by atoms with Crippen LogP contribution in [0.3, 0.4) is 0 Å². The highest BCUT2D eigenvalue weighted by molar-refractivity contribution is 5.84. The van der Waals surface area contributed by atoms with E-state index in [0.29, 0.717) is 5.92 Å². The summed E-state index contributed by atoms with van der Waals surface area (Å²) in [6.45, 7) is 4.75. The van der Waals surface area contributed by atoms with E-state index < -0.39 is 0 Å². The number of hydrogen-bond donors (Lipinski definition) is 0. The molecule has 0 radical (unpaired) electrons. The van der Waals surface area contributed by atoms with Gasteiger partial charge in [0.15, 0.2) is 12.4 Å². The average Bonchev–Trinajstić information content (AvgIpc) is 2.95. The van der Waals surface area contributed by atoms with Gasteiger partial charge in [0.25, 0.3) is 0 Å². The van der Waals surface area contributed by atoms with Gasteiger partial charge < -0.3 is 0 Å². The van der Waals surface area contributed by atoms with Crippen molar-refractivity contribution in [2.45, 2.75) is 24.8 Å². The number of rotatable bonds is 0. The summed E-state index contributed by atoms with van der Waals surface area (Å²) < 4.78 is 4.82. The third-order valence-electron chi connectivity index (χ3n) is 7.69. The van der Waals surface area contributed by atoms with Crippen molar-refractivity contribution >= 4 is 16.5 Å². The van der Waals surface area contributed by atoms with Crippen molar-refractivity contribution < 1.29 is 9.13 Å². The maximum absolute atomic E-state index is 4.75. The Kier molecular flexibility index (Phi) is 4.28. The van der Waals surface area contributed by atoms with Gasteiger partial charge in [-0.05, 0) is 60.2 Å². The third kappa shape index (κ3) is 2.82. The summed E-state index contributed by atoms with van der Waals surface area (Å²) in [5, 5.41) is 2.54. The van der Waals surface area contributed by atoms with Crippen LogP contribution in [0.5, 0.6) is 0 Å². The molecule has 0 spiro atoms. The molecule has 2 aromatic heterocycles. The van der Waals surface area contributed by atoms with Crippen molar-refractivity contribution in [3.05, 3.63) is 127 Å². The predicted octanol–water partition coefficient (Wildman–Crippen LogP) is 6.50. The van der Waals surface area contributed by atoms with Crippen molar-refractivity contribution in [2.75, 3.05) is 0 Å². The molecule has 0 saturated carbocycles. The second-order valence-corrected chi connectivity index (χ2v) is 9.48. The molecule has 0 fully saturated rings. The normalized spacial score (nSPS) is 18.4. The Bertz CT molecular complexity index is 1600. The van der Waals surface area contributed by atoms with Gasteiger partial charge in [0.2, 0.25) is 23.1 Å². The molecule has 34 heavy (non-hydrogen) atoms. The first-order chi connectivity index (χ1) is 16.8. The van der Waals surface area contributed by atoms with Crippen LogP contribution in [0.2, 0.25) is 0 Å². The standard InChI is InChI=1S/C32H26N2/c1-22-32-29(18-17-23-10-4-5-13-26(23)30-16-8-9-19-33(22)30)27-14-6-7-15-28(27)31-20-24-11-2-3-12-25(24)21-34(31)32/h2-16,19-21,29,32H,1,17-18H2/q+2. The van der Waals surface area contributed by atoms with E-state index in [1.807, 2.05) is 0 Å². The van der Waals surface area contributed by atoms with Gasteiger partial charge >= 0.3 is 0 Å². The van der Waals surface area contributed by atoms with Crippen LogP contribution < -0.4 is 9.13 Å². The van der Waals surface area contributed by atoms with Gasteiger partial charge in [-0.3, -0.25) is 0 Å². The van der Waals surface area contributed by atoms with Gasteiger partial charge in [0.1, 0.15) is 0 Å². The molecule has 0 saturated heterocycles. The van der Waals surface area contributed by atoms with Crippen molar-refractivity contribution in [3.8, 4) is 22.5 Å². The molecule has 3 aromatic carbocycles. The third-order valence-corrected chi connectivity index (χ3v) is 7.69. The Morgan fingerprint density at radius 3 is 2.35 bits per heavy atom. The van der Waals surface area contributed by atoms with Crippen LogP contribution in [0, 0.1) is 0 Å². The Labute approximate surface area is 200 Å². The summed E-state index contributed by atoms with van der Waals surface area (Å²) in [5.74, 6) is 0.342. The number of nitrogens with zero attached hydrogens (tertiary/aromatic N) is 2. The molecule has 2 unspecified atom stereocenters. The lowest BCUT2D eigenvalue weighted by molar-refractivity contribution is -0.726. The minimum absolute atomic E-state index is 0.134. The van der Waals surface area contributed by atoms with Gasteiger partial charge in [0.05, 0.1) is 5.92 Å². The van der Waals surface area contributed by atoms with Crippen molar-refractivity contribution in [3.63, 3.8) is 0 Å². The molecule has 2 heteroatoms. The second-order valence-electron chi connectivity index (χ2n) is 9.48. The molecule has 2 atom stereocenters. The fourth-order valence-electron chi connectivity index (χ4n) is 6.13. The Balaban J connectivity index is 1.54. The highest BCUT2D eigenvalue weighted by Crippen LogP contribution is 2.45. The van der Waals surface area contributed by atoms with E-state index in [2.05, 4.69) is 119 Å². The first-order valence-corrected chi connectivity index (χ1v) is 12.1. The van der Waals surface area contributed by atoms with Crippen molar-refractivity contribution in [1.29, 1.82) is 0 Å². The van der Waals surface area contributed by atoms with Crippen LogP contribution in [0.15, 0.2) is 116 Å². The first kappa shape index (κ1) is 19.4. The van der Waals surface area contributed by atoms with E-state index in [9.17, 15) is 0 Å². The summed E-state index contributed by atoms with van der Waals surface area (Å²) >= 11 is 0. The van der Waals surface area contributed by atoms with Crippen molar-refractivity contribution in [1.82, 2.24) is 0 Å². The van der Waals surface area contributed by atoms with Gasteiger partial charge in [0, 0.05) is 34.7 Å². The van der Waals surface area contributed by atoms with Crippen molar-refractivity contribution in [2.24, 2.45) is 0 Å². The molecule has 0 aliphatic carbocycles. The lowest BCUT2D eigenvalue weighted by Gasteiger charge is -2.29. The number of hydrogen-bond acceptors (Lipinski definition) is 0. The van der Waals surface area contributed by atoms with E-state index in [0.717, 1.165) is 18.5 Å². The van der Waals surface area contributed by atoms with Gasteiger partial charge in [-0.15, -0.1) is 0 Å². The molecule has 5 aromatic rings. The molecule has 0 N–H and O–H groups in total. The van der Waals surface area contributed by atoms with Crippen LogP contribution in [-0.2, 0) is 6.42 Å². The van der Waals surface area contributed by atoms with Gasteiger partial charge in [-0.2, -0.15) is 9.13 Å². The molecular weight excluding hydrogens is 412 g/mol. The molecule has 2 nitrogen and oxygen atoms in total. The fraction of sp³-hybridized carbons (Fsp3) is 0.125. The highest BCUT2D eigenvalue weighted by Gasteiger charge is 2.46. The predicted molar refractivity (Wildman–Crippen MR) is 137 cm³/mol. The molecule has 162 valence electrons. The topological polar surface area (TPSA) is 7.76 Å². The van der Waals surface area contributed by atoms with E-state index in [4.69, 9.17) is 6.58 Å². The van der Waals surface area contributed by atoms with E-state index in [1.165, 1.54) is 44.4 Å². The Hall–Kier alpha value is -4.04. The summed E-state index contributed by atoms with van der Waals surface area (Å²) in [5.41, 5.74) is 9.09. The molecular formula is C32H26N2+2. The molecule has 0 bridgehead atoms. The summed E-state index contributed by atoms with van der Waals surface area (Å²) in [6, 6.07) is 35.5. The molecule has 7 rings (SSSR count). The SMILES string of the molecule is C=C1C2C(CCc3ccccc3-c3cccc[n+]31)c1ccccc1-c1cc3ccccc3c[n+]12.